The highest BCUT2D eigenvalue weighted by atomic mass is 32.2. The maximum atomic E-state index is 12.5. The largest absolute Gasteiger partial charge is 0.497 e. The molecule has 1 aromatic carbocycles. The summed E-state index contributed by atoms with van der Waals surface area (Å²) in [6, 6.07) is 6.62. The topological polar surface area (TPSA) is 92.7 Å². The zero-order valence-electron chi connectivity index (χ0n) is 13.2. The second-order valence-corrected chi connectivity index (χ2v) is 6.10. The van der Waals surface area contributed by atoms with E-state index in [1.54, 1.807) is 24.3 Å². The van der Waals surface area contributed by atoms with Crippen LogP contribution in [-0.2, 0) is 9.59 Å². The molecule has 0 aromatic heterocycles. The standard InChI is InChI=1S/C16H21NO5S/c1-11(18)17-7-8-23-10-13(9-15(19)20)16(21)12-3-5-14(22-2)6-4-12/h3-6,13H,7-10H2,1-2H3,(H,17,18)(H,19,20). The van der Waals surface area contributed by atoms with Crippen LogP contribution in [-0.4, -0.2) is 47.9 Å². The molecule has 6 nitrogen and oxygen atoms in total. The molecular formula is C16H21NO5S. The van der Waals surface area contributed by atoms with E-state index >= 15 is 0 Å². The van der Waals surface area contributed by atoms with Gasteiger partial charge in [-0.25, -0.2) is 0 Å². The van der Waals surface area contributed by atoms with Crippen molar-refractivity contribution in [1.29, 1.82) is 0 Å². The molecule has 1 unspecified atom stereocenters. The molecule has 0 aliphatic rings. The minimum atomic E-state index is -1.00. The van der Waals surface area contributed by atoms with Crippen molar-refractivity contribution in [3.63, 3.8) is 0 Å². The smallest absolute Gasteiger partial charge is 0.304 e. The van der Waals surface area contributed by atoms with Crippen LogP contribution < -0.4 is 10.1 Å². The molecule has 0 aliphatic carbocycles. The van der Waals surface area contributed by atoms with E-state index in [2.05, 4.69) is 5.32 Å². The van der Waals surface area contributed by atoms with Crippen molar-refractivity contribution in [2.45, 2.75) is 13.3 Å². The third-order valence-corrected chi connectivity index (χ3v) is 4.24. The van der Waals surface area contributed by atoms with Gasteiger partial charge in [-0.3, -0.25) is 14.4 Å². The Balaban J connectivity index is 2.62. The number of benzene rings is 1. The molecule has 1 rings (SSSR count). The number of carboxylic acid groups (broad SMARTS) is 1. The Kier molecular flexibility index (Phi) is 8.18. The van der Waals surface area contributed by atoms with Crippen molar-refractivity contribution in [3.8, 4) is 5.75 Å². The third-order valence-electron chi connectivity index (χ3n) is 3.11. The van der Waals surface area contributed by atoms with Crippen LogP contribution in [0.1, 0.15) is 23.7 Å². The van der Waals surface area contributed by atoms with Gasteiger partial charge in [-0.15, -0.1) is 0 Å². The van der Waals surface area contributed by atoms with Crippen LogP contribution in [0.15, 0.2) is 24.3 Å². The number of ketones is 1. The van der Waals surface area contributed by atoms with E-state index in [1.807, 2.05) is 0 Å². The van der Waals surface area contributed by atoms with Crippen LogP contribution in [0.4, 0.5) is 0 Å². The summed E-state index contributed by atoms with van der Waals surface area (Å²) in [4.78, 5) is 34.2. The molecule has 0 aliphatic heterocycles. The molecule has 126 valence electrons. The summed E-state index contributed by atoms with van der Waals surface area (Å²) >= 11 is 1.45. The minimum absolute atomic E-state index is 0.109. The van der Waals surface area contributed by atoms with Gasteiger partial charge in [0.05, 0.1) is 13.5 Å². The van der Waals surface area contributed by atoms with Crippen LogP contribution in [0.3, 0.4) is 0 Å². The number of carbonyl (C=O) groups excluding carboxylic acids is 2. The van der Waals surface area contributed by atoms with Crippen molar-refractivity contribution < 1.29 is 24.2 Å². The summed E-state index contributed by atoms with van der Waals surface area (Å²) in [7, 11) is 1.54. The van der Waals surface area contributed by atoms with Crippen LogP contribution in [0, 0.1) is 5.92 Å². The number of carboxylic acids is 1. The van der Waals surface area contributed by atoms with Gasteiger partial charge < -0.3 is 15.2 Å². The van der Waals surface area contributed by atoms with Gasteiger partial charge in [-0.2, -0.15) is 11.8 Å². The normalized spacial score (nSPS) is 11.6. The number of carbonyl (C=O) groups is 3. The van der Waals surface area contributed by atoms with Crippen molar-refractivity contribution in [3.05, 3.63) is 29.8 Å². The van der Waals surface area contributed by atoms with E-state index in [9.17, 15) is 14.4 Å². The van der Waals surface area contributed by atoms with Gasteiger partial charge in [0.25, 0.3) is 0 Å². The lowest BCUT2D eigenvalue weighted by Gasteiger charge is -2.14. The number of amides is 1. The first kappa shape index (κ1) is 19.0. The van der Waals surface area contributed by atoms with E-state index < -0.39 is 11.9 Å². The molecule has 0 fully saturated rings. The summed E-state index contributed by atoms with van der Waals surface area (Å²) < 4.78 is 5.04. The number of Topliss-reactive ketones (excluding diaryl/α,β-unsaturated/α-hetero) is 1. The van der Waals surface area contributed by atoms with Gasteiger partial charge in [-0.05, 0) is 24.3 Å². The highest BCUT2D eigenvalue weighted by Crippen LogP contribution is 2.20. The fourth-order valence-corrected chi connectivity index (χ4v) is 2.92. The molecule has 0 heterocycles. The Morgan fingerprint density at radius 2 is 1.91 bits per heavy atom. The molecule has 0 bridgehead atoms. The number of aliphatic carboxylic acids is 1. The molecule has 7 heteroatoms. The molecule has 23 heavy (non-hydrogen) atoms. The van der Waals surface area contributed by atoms with Gasteiger partial charge in [-0.1, -0.05) is 0 Å². The van der Waals surface area contributed by atoms with Crippen LogP contribution in [0.5, 0.6) is 5.75 Å². The lowest BCUT2D eigenvalue weighted by molar-refractivity contribution is -0.137. The van der Waals surface area contributed by atoms with Crippen molar-refractivity contribution in [2.75, 3.05) is 25.2 Å². The van der Waals surface area contributed by atoms with Crippen LogP contribution in [0.25, 0.3) is 0 Å². The number of ether oxygens (including phenoxy) is 1. The van der Waals surface area contributed by atoms with Gasteiger partial charge in [0.2, 0.25) is 5.91 Å². The molecule has 1 amide bonds. The Labute approximate surface area is 139 Å². The lowest BCUT2D eigenvalue weighted by Crippen LogP contribution is -2.24. The average molecular weight is 339 g/mol. The summed E-state index contributed by atoms with van der Waals surface area (Å²) in [6.45, 7) is 1.93. The number of rotatable bonds is 10. The Morgan fingerprint density at radius 3 is 2.43 bits per heavy atom. The second-order valence-electron chi connectivity index (χ2n) is 4.95. The van der Waals surface area contributed by atoms with Crippen LogP contribution in [0.2, 0.25) is 0 Å². The van der Waals surface area contributed by atoms with E-state index in [0.717, 1.165) is 0 Å². The van der Waals surface area contributed by atoms with Gasteiger partial charge in [0.1, 0.15) is 5.75 Å². The first-order valence-corrected chi connectivity index (χ1v) is 8.31. The molecule has 0 saturated carbocycles. The highest BCUT2D eigenvalue weighted by Gasteiger charge is 2.23. The second kappa shape index (κ2) is 9.89. The Hall–Kier alpha value is -2.02. The molecule has 0 saturated heterocycles. The lowest BCUT2D eigenvalue weighted by atomic mass is 9.96. The predicted molar refractivity (Wildman–Crippen MR) is 89.1 cm³/mol. The summed E-state index contributed by atoms with van der Waals surface area (Å²) in [5.74, 6) is -0.227. The van der Waals surface area contributed by atoms with Gasteiger partial charge in [0.15, 0.2) is 5.78 Å². The third kappa shape index (κ3) is 7.19. The fourth-order valence-electron chi connectivity index (χ4n) is 1.95. The molecule has 2 N–H and O–H groups in total. The SMILES string of the molecule is COc1ccc(C(=O)C(CSCCNC(C)=O)CC(=O)O)cc1. The number of nitrogens with one attached hydrogen (secondary N) is 1. The predicted octanol–water partition coefficient (Wildman–Crippen LogP) is 1.84. The molecule has 0 radical (unpaired) electrons. The van der Waals surface area contributed by atoms with E-state index in [4.69, 9.17) is 9.84 Å². The monoisotopic (exact) mass is 339 g/mol. The maximum Gasteiger partial charge on any atom is 0.304 e. The molecular weight excluding hydrogens is 318 g/mol. The van der Waals surface area contributed by atoms with Crippen molar-refractivity contribution >= 4 is 29.4 Å². The zero-order valence-corrected chi connectivity index (χ0v) is 14.0. The first-order chi connectivity index (χ1) is 10.9. The summed E-state index contributed by atoms with van der Waals surface area (Å²) in [5.41, 5.74) is 0.472. The molecule has 1 aromatic rings. The van der Waals surface area contributed by atoms with E-state index in [-0.39, 0.29) is 18.1 Å². The molecule has 0 spiro atoms. The summed E-state index contributed by atoms with van der Waals surface area (Å²) in [6.07, 6.45) is -0.210. The number of hydrogen-bond acceptors (Lipinski definition) is 5. The fraction of sp³-hybridized carbons (Fsp3) is 0.438. The maximum absolute atomic E-state index is 12.5. The average Bonchev–Trinajstić information content (AvgIpc) is 2.52. The van der Waals surface area contributed by atoms with Gasteiger partial charge in [0, 0.05) is 36.5 Å². The first-order valence-electron chi connectivity index (χ1n) is 7.16. The van der Waals surface area contributed by atoms with E-state index in [0.29, 0.717) is 29.4 Å². The number of hydrogen-bond donors (Lipinski definition) is 2. The quantitative estimate of drug-likeness (QED) is 0.499. The summed E-state index contributed by atoms with van der Waals surface area (Å²) in [5, 5.41) is 11.7. The number of methoxy groups -OCH3 is 1. The van der Waals surface area contributed by atoms with Gasteiger partial charge >= 0.3 is 5.97 Å². The Morgan fingerprint density at radius 1 is 1.26 bits per heavy atom. The minimum Gasteiger partial charge on any atom is -0.497 e. The van der Waals surface area contributed by atoms with E-state index in [1.165, 1.54) is 25.8 Å². The molecule has 1 atom stereocenters. The van der Waals surface area contributed by atoms with Crippen molar-refractivity contribution in [1.82, 2.24) is 5.32 Å². The van der Waals surface area contributed by atoms with Crippen LogP contribution >= 0.6 is 11.8 Å². The highest BCUT2D eigenvalue weighted by molar-refractivity contribution is 7.99. The number of thioether (sulfide) groups is 1. The zero-order chi connectivity index (χ0) is 17.2. The Bertz CT molecular complexity index is 544. The van der Waals surface area contributed by atoms with Crippen molar-refractivity contribution in [2.24, 2.45) is 5.92 Å².